The van der Waals surface area contributed by atoms with E-state index in [9.17, 15) is 9.59 Å². The zero-order chi connectivity index (χ0) is 18.2. The Balaban J connectivity index is 0.00000243. The van der Waals surface area contributed by atoms with Crippen LogP contribution in [-0.4, -0.2) is 20.8 Å². The van der Waals surface area contributed by atoms with Crippen LogP contribution in [0.3, 0.4) is 0 Å². The van der Waals surface area contributed by atoms with Crippen LogP contribution in [0.5, 0.6) is 0 Å². The number of carbonyl (C=O) groups excluding carboxylic acids is 1. The average molecular weight is 379 g/mol. The molecule has 1 heterocycles. The summed E-state index contributed by atoms with van der Waals surface area (Å²) in [6.07, 6.45) is 3.62. The van der Waals surface area contributed by atoms with Crippen molar-refractivity contribution in [3.63, 3.8) is 0 Å². The van der Waals surface area contributed by atoms with Crippen LogP contribution >= 0.6 is 12.4 Å². The molecule has 1 saturated carbocycles. The van der Waals surface area contributed by atoms with Crippen LogP contribution in [0.25, 0.3) is 5.69 Å². The molecule has 0 saturated heterocycles. The van der Waals surface area contributed by atoms with Crippen LogP contribution in [0.2, 0.25) is 0 Å². The Morgan fingerprint density at radius 3 is 2.54 bits per heavy atom. The topological polar surface area (TPSA) is 82.1 Å². The van der Waals surface area contributed by atoms with Gasteiger partial charge in [0.05, 0.1) is 17.3 Å². The number of halogens is 1. The molecule has 7 heteroatoms. The third kappa shape index (κ3) is 3.57. The molecule has 2 unspecified atom stereocenters. The molecule has 1 aliphatic carbocycles. The number of amides is 1. The van der Waals surface area contributed by atoms with E-state index in [0.717, 1.165) is 37.1 Å². The van der Waals surface area contributed by atoms with Gasteiger partial charge in [-0.2, -0.15) is 0 Å². The van der Waals surface area contributed by atoms with Crippen molar-refractivity contribution in [3.05, 3.63) is 46.4 Å². The van der Waals surface area contributed by atoms with E-state index in [1.54, 1.807) is 9.36 Å². The van der Waals surface area contributed by atoms with Gasteiger partial charge in [0.25, 0.3) is 5.56 Å². The minimum atomic E-state index is -0.524. The molecule has 2 atom stereocenters. The molecule has 0 radical (unpaired) electrons. The number of hydrogen-bond donors (Lipinski definition) is 2. The summed E-state index contributed by atoms with van der Waals surface area (Å²) in [4.78, 5) is 25.7. The maximum absolute atomic E-state index is 12.9. The molecule has 26 heavy (non-hydrogen) atoms. The van der Waals surface area contributed by atoms with Crippen molar-refractivity contribution in [3.8, 4) is 5.69 Å². The number of nitrogens with two attached hydrogens (primary N) is 1. The first-order chi connectivity index (χ1) is 11.8. The van der Waals surface area contributed by atoms with Crippen LogP contribution in [0, 0.1) is 12.8 Å². The van der Waals surface area contributed by atoms with E-state index in [1.165, 1.54) is 0 Å². The van der Waals surface area contributed by atoms with E-state index in [4.69, 9.17) is 5.73 Å². The Hall–Kier alpha value is -2.05. The number of anilines is 1. The largest absolute Gasteiger partial charge is 0.325 e. The van der Waals surface area contributed by atoms with Crippen LogP contribution in [0.15, 0.2) is 35.1 Å². The lowest BCUT2D eigenvalue weighted by Crippen LogP contribution is -2.51. The summed E-state index contributed by atoms with van der Waals surface area (Å²) in [6, 6.07) is 9.39. The fourth-order valence-corrected chi connectivity index (χ4v) is 3.71. The summed E-state index contributed by atoms with van der Waals surface area (Å²) in [5, 5.41) is 2.86. The Bertz CT molecular complexity index is 839. The molecule has 142 valence electrons. The van der Waals surface area contributed by atoms with Gasteiger partial charge in [-0.1, -0.05) is 31.0 Å². The lowest BCUT2D eigenvalue weighted by Gasteiger charge is -2.37. The van der Waals surface area contributed by atoms with E-state index in [0.29, 0.717) is 5.69 Å². The normalized spacial score (nSPS) is 22.5. The number of rotatable bonds is 3. The lowest BCUT2D eigenvalue weighted by molar-refractivity contribution is -0.122. The molecule has 3 rings (SSSR count). The van der Waals surface area contributed by atoms with Crippen LogP contribution < -0.4 is 16.6 Å². The Kier molecular flexibility index (Phi) is 5.98. The summed E-state index contributed by atoms with van der Waals surface area (Å²) in [5.74, 6) is -0.429. The standard InChI is InChI=1S/C19H26N4O2.ClH/c1-13-16(21-17(24)15-11-7-8-12-19(15,2)20)18(25)23(22(13)3)14-9-5-4-6-10-14;/h4-6,9-10,15H,7-8,11-12,20H2,1-3H3,(H,21,24);1H. The summed E-state index contributed by atoms with van der Waals surface area (Å²) in [5.41, 5.74) is 7.39. The first-order valence-corrected chi connectivity index (χ1v) is 8.76. The Morgan fingerprint density at radius 2 is 1.92 bits per heavy atom. The quantitative estimate of drug-likeness (QED) is 0.861. The fourth-order valence-electron chi connectivity index (χ4n) is 3.71. The highest BCUT2D eigenvalue weighted by Crippen LogP contribution is 2.32. The van der Waals surface area contributed by atoms with Crippen molar-refractivity contribution in [1.29, 1.82) is 0 Å². The molecule has 3 N–H and O–H groups in total. The van der Waals surface area contributed by atoms with Gasteiger partial charge in [0.2, 0.25) is 5.91 Å². The minimum absolute atomic E-state index is 0. The second-order valence-electron chi connectivity index (χ2n) is 7.23. The van der Waals surface area contributed by atoms with Gasteiger partial charge in [-0.15, -0.1) is 12.4 Å². The van der Waals surface area contributed by atoms with Gasteiger partial charge >= 0.3 is 0 Å². The first kappa shape index (κ1) is 20.3. The molecule has 1 amide bonds. The van der Waals surface area contributed by atoms with Crippen LogP contribution in [0.4, 0.5) is 5.69 Å². The summed E-state index contributed by atoms with van der Waals surface area (Å²) >= 11 is 0. The molecule has 1 aromatic heterocycles. The Morgan fingerprint density at radius 1 is 1.27 bits per heavy atom. The molecular formula is C19H27ClN4O2. The number of carbonyl (C=O) groups is 1. The van der Waals surface area contributed by atoms with E-state index in [1.807, 2.05) is 51.2 Å². The van der Waals surface area contributed by atoms with Gasteiger partial charge in [0, 0.05) is 12.6 Å². The van der Waals surface area contributed by atoms with Crippen molar-refractivity contribution in [2.24, 2.45) is 18.7 Å². The summed E-state index contributed by atoms with van der Waals surface area (Å²) < 4.78 is 3.32. The van der Waals surface area contributed by atoms with Crippen LogP contribution in [0.1, 0.15) is 38.3 Å². The van der Waals surface area contributed by atoms with Gasteiger partial charge in [0.15, 0.2) is 0 Å². The SMILES string of the molecule is Cc1c(NC(=O)C2CCCCC2(C)N)c(=O)n(-c2ccccc2)n1C.Cl. The highest BCUT2D eigenvalue weighted by atomic mass is 35.5. The third-order valence-electron chi connectivity index (χ3n) is 5.37. The number of aromatic nitrogens is 2. The molecule has 1 fully saturated rings. The van der Waals surface area contributed by atoms with Crippen molar-refractivity contribution < 1.29 is 4.79 Å². The fraction of sp³-hybridized carbons (Fsp3) is 0.474. The first-order valence-electron chi connectivity index (χ1n) is 8.76. The maximum Gasteiger partial charge on any atom is 0.295 e. The van der Waals surface area contributed by atoms with Crippen molar-refractivity contribution >= 4 is 24.0 Å². The number of nitrogens with one attached hydrogen (secondary N) is 1. The number of nitrogens with zero attached hydrogens (tertiary/aromatic N) is 2. The van der Waals surface area contributed by atoms with E-state index < -0.39 is 5.54 Å². The van der Waals surface area contributed by atoms with Crippen molar-refractivity contribution in [2.75, 3.05) is 5.32 Å². The number of hydrogen-bond acceptors (Lipinski definition) is 3. The monoisotopic (exact) mass is 378 g/mol. The predicted molar refractivity (Wildman–Crippen MR) is 106 cm³/mol. The minimum Gasteiger partial charge on any atom is -0.325 e. The molecule has 6 nitrogen and oxygen atoms in total. The molecule has 1 aromatic carbocycles. The number of benzene rings is 1. The smallest absolute Gasteiger partial charge is 0.295 e. The zero-order valence-corrected chi connectivity index (χ0v) is 16.3. The average Bonchev–Trinajstić information content (AvgIpc) is 2.78. The highest BCUT2D eigenvalue weighted by molar-refractivity contribution is 5.94. The second-order valence-corrected chi connectivity index (χ2v) is 7.23. The molecule has 0 spiro atoms. The molecule has 1 aliphatic rings. The predicted octanol–water partition coefficient (Wildman–Crippen LogP) is 2.75. The second kappa shape index (κ2) is 7.68. The molecular weight excluding hydrogens is 352 g/mol. The highest BCUT2D eigenvalue weighted by Gasteiger charge is 2.38. The van der Waals surface area contributed by atoms with Crippen LogP contribution in [-0.2, 0) is 11.8 Å². The molecule has 2 aromatic rings. The van der Waals surface area contributed by atoms with Crippen molar-refractivity contribution in [1.82, 2.24) is 9.36 Å². The van der Waals surface area contributed by atoms with Gasteiger partial charge < -0.3 is 11.1 Å². The van der Waals surface area contributed by atoms with Gasteiger partial charge in [0.1, 0.15) is 5.69 Å². The van der Waals surface area contributed by atoms with E-state index >= 15 is 0 Å². The lowest BCUT2D eigenvalue weighted by atomic mass is 9.74. The molecule has 0 bridgehead atoms. The maximum atomic E-state index is 12.9. The van der Waals surface area contributed by atoms with Gasteiger partial charge in [-0.05, 0) is 38.8 Å². The zero-order valence-electron chi connectivity index (χ0n) is 15.5. The summed E-state index contributed by atoms with van der Waals surface area (Å²) in [6.45, 7) is 3.76. The van der Waals surface area contributed by atoms with Gasteiger partial charge in [-0.25, -0.2) is 4.68 Å². The van der Waals surface area contributed by atoms with Crippen molar-refractivity contribution in [2.45, 2.75) is 45.1 Å². The van der Waals surface area contributed by atoms with E-state index in [-0.39, 0.29) is 29.8 Å². The molecule has 0 aliphatic heterocycles. The summed E-state index contributed by atoms with van der Waals surface area (Å²) in [7, 11) is 1.81. The number of para-hydroxylation sites is 1. The van der Waals surface area contributed by atoms with Gasteiger partial charge in [-0.3, -0.25) is 14.3 Å². The van der Waals surface area contributed by atoms with E-state index in [2.05, 4.69) is 5.32 Å². The third-order valence-corrected chi connectivity index (χ3v) is 5.37. The Labute approximate surface area is 159 Å².